The molecular weight excluding hydrogens is 174 g/mol. The second-order valence-corrected chi connectivity index (χ2v) is 2.84. The largest absolute Gasteiger partial charge is 0.384 e. The van der Waals surface area contributed by atoms with E-state index in [1.807, 2.05) is 30.3 Å². The molecule has 68 valence electrons. The first-order valence-corrected chi connectivity index (χ1v) is 4.35. The molecule has 0 aliphatic heterocycles. The van der Waals surface area contributed by atoms with Gasteiger partial charge in [-0.3, -0.25) is 0 Å². The Morgan fingerprint density at radius 3 is 2.93 bits per heavy atom. The third-order valence-electron chi connectivity index (χ3n) is 1.96. The van der Waals surface area contributed by atoms with Crippen LogP contribution in [0.4, 0.5) is 0 Å². The lowest BCUT2D eigenvalue weighted by molar-refractivity contribution is 0.350. The molecule has 0 unspecified atom stereocenters. The molecule has 14 heavy (non-hydrogen) atoms. The molecule has 2 nitrogen and oxygen atoms in total. The maximum absolute atomic E-state index is 8.60. The molecule has 2 heteroatoms. The van der Waals surface area contributed by atoms with Gasteiger partial charge < -0.3 is 5.11 Å². The van der Waals surface area contributed by atoms with E-state index in [-0.39, 0.29) is 6.61 Å². The topological polar surface area (TPSA) is 33.1 Å². The lowest BCUT2D eigenvalue weighted by Gasteiger charge is -1.97. The standard InChI is InChI=1S/C12H9NO/c14-9-3-6-12-11-5-2-1-4-10(11)7-8-13-12/h1-2,4-5,7-8,14H,9H2. The van der Waals surface area contributed by atoms with Crippen LogP contribution in [0.15, 0.2) is 36.5 Å². The molecule has 0 bridgehead atoms. The van der Waals surface area contributed by atoms with Crippen molar-refractivity contribution >= 4 is 10.8 Å². The van der Waals surface area contributed by atoms with Crippen molar-refractivity contribution < 1.29 is 5.11 Å². The Hall–Kier alpha value is -1.85. The average molecular weight is 183 g/mol. The molecule has 0 aliphatic carbocycles. The van der Waals surface area contributed by atoms with Gasteiger partial charge in [-0.05, 0) is 17.4 Å². The molecule has 0 amide bonds. The SMILES string of the molecule is OCC#Cc1nccc2ccccc12. The quantitative estimate of drug-likeness (QED) is 0.629. The second-order valence-electron chi connectivity index (χ2n) is 2.84. The van der Waals surface area contributed by atoms with E-state index in [9.17, 15) is 0 Å². The van der Waals surface area contributed by atoms with Crippen LogP contribution < -0.4 is 0 Å². The normalized spacial score (nSPS) is 9.50. The van der Waals surface area contributed by atoms with Gasteiger partial charge in [-0.25, -0.2) is 4.98 Å². The lowest BCUT2D eigenvalue weighted by atomic mass is 10.1. The van der Waals surface area contributed by atoms with E-state index in [4.69, 9.17) is 5.11 Å². The van der Waals surface area contributed by atoms with E-state index in [1.54, 1.807) is 6.20 Å². The highest BCUT2D eigenvalue weighted by atomic mass is 16.2. The van der Waals surface area contributed by atoms with E-state index in [1.165, 1.54) is 0 Å². The highest BCUT2D eigenvalue weighted by Gasteiger charge is 1.96. The van der Waals surface area contributed by atoms with E-state index < -0.39 is 0 Å². The Labute approximate surface area is 82.2 Å². The van der Waals surface area contributed by atoms with Crippen LogP contribution in [0.3, 0.4) is 0 Å². The summed E-state index contributed by atoms with van der Waals surface area (Å²) < 4.78 is 0. The van der Waals surface area contributed by atoms with Crippen molar-refractivity contribution in [2.24, 2.45) is 0 Å². The molecular formula is C12H9NO. The van der Waals surface area contributed by atoms with E-state index in [0.29, 0.717) is 0 Å². The summed E-state index contributed by atoms with van der Waals surface area (Å²) in [5.74, 6) is 5.43. The number of aliphatic hydroxyl groups excluding tert-OH is 1. The third kappa shape index (κ3) is 1.59. The van der Waals surface area contributed by atoms with Crippen molar-refractivity contribution in [1.29, 1.82) is 0 Å². The van der Waals surface area contributed by atoms with Crippen LogP contribution in [0.5, 0.6) is 0 Å². The predicted molar refractivity (Wildman–Crippen MR) is 55.7 cm³/mol. The number of aromatic nitrogens is 1. The molecule has 1 aromatic carbocycles. The summed E-state index contributed by atoms with van der Waals surface area (Å²) in [7, 11) is 0. The van der Waals surface area contributed by atoms with Crippen LogP contribution in [0.2, 0.25) is 0 Å². The highest BCUT2D eigenvalue weighted by Crippen LogP contribution is 2.14. The van der Waals surface area contributed by atoms with Crippen LogP contribution in [0.25, 0.3) is 10.8 Å². The molecule has 0 atom stereocenters. The van der Waals surface area contributed by atoms with Gasteiger partial charge in [-0.15, -0.1) is 0 Å². The average Bonchev–Trinajstić information content (AvgIpc) is 2.26. The number of benzene rings is 1. The van der Waals surface area contributed by atoms with Crippen LogP contribution >= 0.6 is 0 Å². The fourth-order valence-electron chi connectivity index (χ4n) is 1.34. The van der Waals surface area contributed by atoms with Crippen LogP contribution in [-0.4, -0.2) is 16.7 Å². The Morgan fingerprint density at radius 1 is 1.21 bits per heavy atom. The Kier molecular flexibility index (Phi) is 2.44. The fraction of sp³-hybridized carbons (Fsp3) is 0.0833. The number of aliphatic hydroxyl groups is 1. The minimum absolute atomic E-state index is 0.134. The van der Waals surface area contributed by atoms with E-state index >= 15 is 0 Å². The summed E-state index contributed by atoms with van der Waals surface area (Å²) in [6.45, 7) is -0.134. The molecule has 1 heterocycles. The number of hydrogen-bond acceptors (Lipinski definition) is 2. The van der Waals surface area contributed by atoms with Gasteiger partial charge in [0, 0.05) is 11.6 Å². The van der Waals surface area contributed by atoms with Crippen molar-refractivity contribution in [3.8, 4) is 11.8 Å². The maximum Gasteiger partial charge on any atom is 0.121 e. The van der Waals surface area contributed by atoms with Crippen LogP contribution in [-0.2, 0) is 0 Å². The first-order valence-electron chi connectivity index (χ1n) is 4.35. The van der Waals surface area contributed by atoms with Gasteiger partial charge in [0.05, 0.1) is 0 Å². The number of nitrogens with zero attached hydrogens (tertiary/aromatic N) is 1. The van der Waals surface area contributed by atoms with Gasteiger partial charge in [-0.1, -0.05) is 30.2 Å². The summed E-state index contributed by atoms with van der Waals surface area (Å²) >= 11 is 0. The highest BCUT2D eigenvalue weighted by molar-refractivity contribution is 5.86. The third-order valence-corrected chi connectivity index (χ3v) is 1.96. The smallest absolute Gasteiger partial charge is 0.121 e. The van der Waals surface area contributed by atoms with Gasteiger partial charge >= 0.3 is 0 Å². The summed E-state index contributed by atoms with van der Waals surface area (Å²) in [5, 5.41) is 10.7. The van der Waals surface area contributed by atoms with Crippen molar-refractivity contribution in [1.82, 2.24) is 4.98 Å². The van der Waals surface area contributed by atoms with E-state index in [0.717, 1.165) is 16.5 Å². The first kappa shape index (κ1) is 8.74. The molecule has 0 spiro atoms. The van der Waals surface area contributed by atoms with Gasteiger partial charge in [-0.2, -0.15) is 0 Å². The molecule has 1 N–H and O–H groups in total. The second kappa shape index (κ2) is 3.91. The zero-order valence-corrected chi connectivity index (χ0v) is 7.57. The van der Waals surface area contributed by atoms with Gasteiger partial charge in [0.1, 0.15) is 12.3 Å². The lowest BCUT2D eigenvalue weighted by Crippen LogP contribution is -1.85. The first-order chi connectivity index (χ1) is 6.92. The minimum atomic E-state index is -0.134. The van der Waals surface area contributed by atoms with Crippen molar-refractivity contribution in [3.05, 3.63) is 42.2 Å². The minimum Gasteiger partial charge on any atom is -0.384 e. The number of fused-ring (bicyclic) bond motifs is 1. The number of hydrogen-bond donors (Lipinski definition) is 1. The van der Waals surface area contributed by atoms with E-state index in [2.05, 4.69) is 16.8 Å². The zero-order chi connectivity index (χ0) is 9.80. The van der Waals surface area contributed by atoms with Crippen molar-refractivity contribution in [2.45, 2.75) is 0 Å². The van der Waals surface area contributed by atoms with Crippen molar-refractivity contribution in [3.63, 3.8) is 0 Å². The molecule has 0 fully saturated rings. The van der Waals surface area contributed by atoms with Gasteiger partial charge in [0.25, 0.3) is 0 Å². The Bertz CT molecular complexity index is 503. The van der Waals surface area contributed by atoms with Crippen LogP contribution in [0.1, 0.15) is 5.69 Å². The maximum atomic E-state index is 8.60. The molecule has 0 radical (unpaired) electrons. The molecule has 1 aromatic heterocycles. The molecule has 0 saturated carbocycles. The molecule has 2 aromatic rings. The fourth-order valence-corrected chi connectivity index (χ4v) is 1.34. The number of pyridine rings is 1. The number of rotatable bonds is 0. The Morgan fingerprint density at radius 2 is 2.07 bits per heavy atom. The summed E-state index contributed by atoms with van der Waals surface area (Å²) in [5.41, 5.74) is 0.720. The predicted octanol–water partition coefficient (Wildman–Crippen LogP) is 1.58. The summed E-state index contributed by atoms with van der Waals surface area (Å²) in [6, 6.07) is 9.87. The summed E-state index contributed by atoms with van der Waals surface area (Å²) in [6.07, 6.45) is 1.73. The van der Waals surface area contributed by atoms with Crippen LogP contribution in [0, 0.1) is 11.8 Å². The molecule has 0 aliphatic rings. The Balaban J connectivity index is 2.65. The molecule has 0 saturated heterocycles. The monoisotopic (exact) mass is 183 g/mol. The molecule has 2 rings (SSSR count). The van der Waals surface area contributed by atoms with Gasteiger partial charge in [0.15, 0.2) is 0 Å². The zero-order valence-electron chi connectivity index (χ0n) is 7.57. The van der Waals surface area contributed by atoms with Crippen molar-refractivity contribution in [2.75, 3.05) is 6.61 Å². The summed E-state index contributed by atoms with van der Waals surface area (Å²) in [4.78, 5) is 4.16. The van der Waals surface area contributed by atoms with Gasteiger partial charge in [0.2, 0.25) is 0 Å².